The van der Waals surface area contributed by atoms with Gasteiger partial charge in [-0.05, 0) is 39.1 Å². The zero-order valence-electron chi connectivity index (χ0n) is 12.2. The number of fused-ring (bicyclic) bond motifs is 1. The Kier molecular flexibility index (Phi) is 8.93. The van der Waals surface area contributed by atoms with Crippen LogP contribution in [0.25, 0.3) is 10.9 Å². The summed E-state index contributed by atoms with van der Waals surface area (Å²) in [7, 11) is 1.90. The number of nitrogens with zero attached hydrogens (tertiary/aromatic N) is 1. The van der Waals surface area contributed by atoms with E-state index >= 15 is 0 Å². The van der Waals surface area contributed by atoms with Crippen LogP contribution in [-0.4, -0.2) is 31.0 Å². The summed E-state index contributed by atoms with van der Waals surface area (Å²) >= 11 is 0. The minimum absolute atomic E-state index is 0. The van der Waals surface area contributed by atoms with Crippen LogP contribution in [0.2, 0.25) is 0 Å². The summed E-state index contributed by atoms with van der Waals surface area (Å²) in [6, 6.07) is 9.63. The maximum Gasteiger partial charge on any atom is 0.253 e. The lowest BCUT2D eigenvalue weighted by Crippen LogP contribution is -2.26. The fourth-order valence-electron chi connectivity index (χ4n) is 1.99. The van der Waals surface area contributed by atoms with Crippen LogP contribution in [0.5, 0.6) is 0 Å². The normalized spacial score (nSPS) is 9.62. The van der Waals surface area contributed by atoms with Crippen molar-refractivity contribution in [2.75, 3.05) is 20.1 Å². The van der Waals surface area contributed by atoms with Gasteiger partial charge in [-0.2, -0.15) is 0 Å². The number of amides is 1. The molecule has 0 aliphatic rings. The molecule has 0 aliphatic carbocycles. The first kappa shape index (κ1) is 19.6. The number of pyridine rings is 1. The number of rotatable bonds is 5. The van der Waals surface area contributed by atoms with Crippen molar-refractivity contribution in [3.63, 3.8) is 0 Å². The molecule has 21 heavy (non-hydrogen) atoms. The minimum Gasteiger partial charge on any atom is -0.352 e. The first-order chi connectivity index (χ1) is 9.22. The maximum atomic E-state index is 12.2. The van der Waals surface area contributed by atoms with E-state index in [9.17, 15) is 4.79 Å². The highest BCUT2D eigenvalue weighted by molar-refractivity contribution is 6.05. The molecule has 0 saturated carbocycles. The molecule has 2 aromatic rings. The van der Waals surface area contributed by atoms with Crippen molar-refractivity contribution in [1.82, 2.24) is 15.6 Å². The minimum atomic E-state index is -0.0557. The van der Waals surface area contributed by atoms with Gasteiger partial charge in [-0.25, -0.2) is 0 Å². The molecule has 0 aliphatic heterocycles. The van der Waals surface area contributed by atoms with Gasteiger partial charge in [0, 0.05) is 17.6 Å². The van der Waals surface area contributed by atoms with Crippen LogP contribution >= 0.6 is 24.8 Å². The lowest BCUT2D eigenvalue weighted by Gasteiger charge is -2.08. The van der Waals surface area contributed by atoms with Gasteiger partial charge in [0.1, 0.15) is 0 Å². The molecule has 0 bridgehead atoms. The van der Waals surface area contributed by atoms with Crippen LogP contribution in [0.15, 0.2) is 30.3 Å². The lowest BCUT2D eigenvalue weighted by atomic mass is 10.1. The molecule has 116 valence electrons. The summed E-state index contributed by atoms with van der Waals surface area (Å²) in [5, 5.41) is 6.98. The van der Waals surface area contributed by atoms with Crippen LogP contribution in [-0.2, 0) is 0 Å². The van der Waals surface area contributed by atoms with Gasteiger partial charge in [0.2, 0.25) is 0 Å². The second kappa shape index (κ2) is 9.55. The molecule has 1 amide bonds. The lowest BCUT2D eigenvalue weighted by molar-refractivity contribution is 0.0955. The zero-order chi connectivity index (χ0) is 13.7. The molecule has 4 nitrogen and oxygen atoms in total. The number of halogens is 2. The van der Waals surface area contributed by atoms with Crippen molar-refractivity contribution in [3.05, 3.63) is 41.6 Å². The summed E-state index contributed by atoms with van der Waals surface area (Å²) in [5.74, 6) is -0.0557. The average molecular weight is 330 g/mol. The largest absolute Gasteiger partial charge is 0.352 e. The molecular formula is C15H21Cl2N3O. The van der Waals surface area contributed by atoms with E-state index in [1.807, 2.05) is 44.3 Å². The molecule has 0 unspecified atom stereocenters. The standard InChI is InChI=1S/C15H19N3O.2ClH/c1-11-7-8-12-5-3-6-13(14(12)18-11)15(19)17-10-4-9-16-2;;/h3,5-8,16H,4,9-10H2,1-2H3,(H,17,19);2*1H. The summed E-state index contributed by atoms with van der Waals surface area (Å²) in [6.07, 6.45) is 0.916. The Hall–Kier alpha value is -1.36. The highest BCUT2D eigenvalue weighted by Crippen LogP contribution is 2.17. The number of aryl methyl sites for hydroxylation is 1. The smallest absolute Gasteiger partial charge is 0.253 e. The number of hydrogen-bond donors (Lipinski definition) is 2. The van der Waals surface area contributed by atoms with Gasteiger partial charge in [-0.1, -0.05) is 18.2 Å². The predicted octanol–water partition coefficient (Wildman–Crippen LogP) is 2.73. The number of nitrogens with one attached hydrogen (secondary N) is 2. The molecule has 1 aromatic heterocycles. The van der Waals surface area contributed by atoms with Crippen LogP contribution in [0.3, 0.4) is 0 Å². The fourth-order valence-corrected chi connectivity index (χ4v) is 1.99. The van der Waals surface area contributed by atoms with Gasteiger partial charge in [-0.3, -0.25) is 9.78 Å². The van der Waals surface area contributed by atoms with Crippen molar-refractivity contribution in [3.8, 4) is 0 Å². The second-order valence-electron chi connectivity index (χ2n) is 4.54. The predicted molar refractivity (Wildman–Crippen MR) is 91.9 cm³/mol. The van der Waals surface area contributed by atoms with Gasteiger partial charge >= 0.3 is 0 Å². The van der Waals surface area contributed by atoms with Gasteiger partial charge in [0.25, 0.3) is 5.91 Å². The summed E-state index contributed by atoms with van der Waals surface area (Å²) in [6.45, 7) is 3.50. The van der Waals surface area contributed by atoms with Gasteiger partial charge < -0.3 is 10.6 Å². The van der Waals surface area contributed by atoms with Crippen molar-refractivity contribution >= 4 is 41.6 Å². The molecule has 6 heteroatoms. The third kappa shape index (κ3) is 5.16. The van der Waals surface area contributed by atoms with E-state index in [4.69, 9.17) is 0 Å². The summed E-state index contributed by atoms with van der Waals surface area (Å²) in [4.78, 5) is 16.6. The molecule has 0 spiro atoms. The number of benzene rings is 1. The van der Waals surface area contributed by atoms with Gasteiger partial charge in [-0.15, -0.1) is 24.8 Å². The van der Waals surface area contributed by atoms with E-state index in [1.54, 1.807) is 0 Å². The second-order valence-corrected chi connectivity index (χ2v) is 4.54. The van der Waals surface area contributed by atoms with Crippen LogP contribution < -0.4 is 10.6 Å². The third-order valence-electron chi connectivity index (χ3n) is 2.99. The van der Waals surface area contributed by atoms with Crippen molar-refractivity contribution in [2.45, 2.75) is 13.3 Å². The van der Waals surface area contributed by atoms with Gasteiger partial charge in [0.15, 0.2) is 0 Å². The number of para-hydroxylation sites is 1. The number of hydrogen-bond acceptors (Lipinski definition) is 3. The first-order valence-electron chi connectivity index (χ1n) is 6.51. The average Bonchev–Trinajstić information content (AvgIpc) is 2.42. The SMILES string of the molecule is CNCCCNC(=O)c1cccc2ccc(C)nc12.Cl.Cl. The Morgan fingerprint density at radius 1 is 1.14 bits per heavy atom. The highest BCUT2D eigenvalue weighted by atomic mass is 35.5. The van der Waals surface area contributed by atoms with Crippen molar-refractivity contribution < 1.29 is 4.79 Å². The van der Waals surface area contributed by atoms with Crippen LogP contribution in [0, 0.1) is 6.92 Å². The van der Waals surface area contributed by atoms with Gasteiger partial charge in [0.05, 0.1) is 11.1 Å². The zero-order valence-corrected chi connectivity index (χ0v) is 13.8. The molecule has 1 aromatic carbocycles. The topological polar surface area (TPSA) is 54.0 Å². The molecule has 1 heterocycles. The molecule has 0 radical (unpaired) electrons. The Balaban J connectivity index is 0.00000200. The Labute approximate surface area is 137 Å². The Bertz CT molecular complexity index is 590. The number of carbonyl (C=O) groups is 1. The van der Waals surface area contributed by atoms with E-state index < -0.39 is 0 Å². The molecule has 2 rings (SSSR count). The number of carbonyl (C=O) groups excluding carboxylic acids is 1. The van der Waals surface area contributed by atoms with E-state index in [-0.39, 0.29) is 30.7 Å². The molecular weight excluding hydrogens is 309 g/mol. The molecule has 0 saturated heterocycles. The Morgan fingerprint density at radius 3 is 2.62 bits per heavy atom. The first-order valence-corrected chi connectivity index (χ1v) is 6.51. The maximum absolute atomic E-state index is 12.2. The van der Waals surface area contributed by atoms with Crippen LogP contribution in [0.1, 0.15) is 22.5 Å². The fraction of sp³-hybridized carbons (Fsp3) is 0.333. The van der Waals surface area contributed by atoms with Crippen molar-refractivity contribution in [2.24, 2.45) is 0 Å². The molecule has 0 atom stereocenters. The molecule has 2 N–H and O–H groups in total. The van der Waals surface area contributed by atoms with Crippen LogP contribution in [0.4, 0.5) is 0 Å². The monoisotopic (exact) mass is 329 g/mol. The van der Waals surface area contributed by atoms with E-state index in [0.29, 0.717) is 12.1 Å². The third-order valence-corrected chi connectivity index (χ3v) is 2.99. The van der Waals surface area contributed by atoms with E-state index in [1.165, 1.54) is 0 Å². The Morgan fingerprint density at radius 2 is 1.90 bits per heavy atom. The quantitative estimate of drug-likeness (QED) is 0.829. The highest BCUT2D eigenvalue weighted by Gasteiger charge is 2.10. The summed E-state index contributed by atoms with van der Waals surface area (Å²) < 4.78 is 0. The van der Waals surface area contributed by atoms with E-state index in [2.05, 4.69) is 15.6 Å². The molecule has 0 fully saturated rings. The van der Waals surface area contributed by atoms with Crippen molar-refractivity contribution in [1.29, 1.82) is 0 Å². The van der Waals surface area contributed by atoms with E-state index in [0.717, 1.165) is 29.6 Å². The number of aromatic nitrogens is 1. The summed E-state index contributed by atoms with van der Waals surface area (Å²) in [5.41, 5.74) is 2.34.